The van der Waals surface area contributed by atoms with E-state index in [4.69, 9.17) is 9.47 Å². The van der Waals surface area contributed by atoms with Crippen LogP contribution >= 0.6 is 31.9 Å². The Kier molecular flexibility index (Phi) is 9.66. The standard InChI is InChI=1S/C43H35Br2N3O5/c1-52-38-22-27(21-37(45)40(38)53-25-26-12-14-30(44)15-13-26)20-36-41(49)46-43(51)48(42(36)50)31-23-34-32(28-8-4-2-5-9-28)16-18-47-19-17-33(35(24-31)39(34)47)29-10-6-3-7-11-29/h2-15,20-24,32-33H,16-19,25H2,1H3,(H,46,49,51)/b36-20+/t32-,33-/m0/s1. The van der Waals surface area contributed by atoms with Crippen LogP contribution in [0.3, 0.4) is 0 Å². The largest absolute Gasteiger partial charge is 0.493 e. The van der Waals surface area contributed by atoms with Gasteiger partial charge in [-0.05, 0) is 105 Å². The third-order valence-corrected chi connectivity index (χ3v) is 11.3. The summed E-state index contributed by atoms with van der Waals surface area (Å²) in [5, 5.41) is 2.43. The monoisotopic (exact) mass is 831 g/mol. The molecule has 53 heavy (non-hydrogen) atoms. The Hall–Kier alpha value is -5.19. The van der Waals surface area contributed by atoms with Crippen molar-refractivity contribution in [2.24, 2.45) is 0 Å². The van der Waals surface area contributed by atoms with Gasteiger partial charge in [-0.2, -0.15) is 0 Å². The van der Waals surface area contributed by atoms with Crippen LogP contribution in [0.15, 0.2) is 124 Å². The molecule has 3 aliphatic rings. The number of ether oxygens (including phenoxy) is 2. The van der Waals surface area contributed by atoms with E-state index in [-0.39, 0.29) is 17.4 Å². The second-order valence-corrected chi connectivity index (χ2v) is 15.1. The number of carbonyl (C=O) groups is 3. The average molecular weight is 834 g/mol. The number of amides is 4. The first-order valence-electron chi connectivity index (χ1n) is 17.5. The Balaban J connectivity index is 1.18. The molecule has 5 aromatic rings. The number of rotatable bonds is 8. The molecule has 1 N–H and O–H groups in total. The molecule has 266 valence electrons. The summed E-state index contributed by atoms with van der Waals surface area (Å²) < 4.78 is 13.3. The van der Waals surface area contributed by atoms with Crippen LogP contribution in [0, 0.1) is 0 Å². The van der Waals surface area contributed by atoms with Gasteiger partial charge in [-0.3, -0.25) is 14.9 Å². The van der Waals surface area contributed by atoms with Gasteiger partial charge in [0.05, 0.1) is 17.3 Å². The zero-order chi connectivity index (χ0) is 36.6. The normalized spacial score (nSPS) is 18.8. The van der Waals surface area contributed by atoms with Crippen LogP contribution in [0.4, 0.5) is 16.2 Å². The fraction of sp³-hybridized carbons (Fsp3) is 0.186. The summed E-state index contributed by atoms with van der Waals surface area (Å²) >= 11 is 7.04. The van der Waals surface area contributed by atoms with Crippen molar-refractivity contribution in [1.29, 1.82) is 0 Å². The highest BCUT2D eigenvalue weighted by atomic mass is 79.9. The van der Waals surface area contributed by atoms with E-state index in [0.717, 1.165) is 52.0 Å². The number of imide groups is 2. The molecule has 0 saturated carbocycles. The van der Waals surface area contributed by atoms with Gasteiger partial charge in [-0.25, -0.2) is 9.69 Å². The Morgan fingerprint density at radius 3 is 1.98 bits per heavy atom. The van der Waals surface area contributed by atoms with Gasteiger partial charge in [0.25, 0.3) is 11.8 Å². The molecule has 4 amide bonds. The first-order valence-corrected chi connectivity index (χ1v) is 19.1. The minimum atomic E-state index is -0.782. The van der Waals surface area contributed by atoms with Crippen LogP contribution in [0.25, 0.3) is 6.08 Å². The Morgan fingerprint density at radius 2 is 1.40 bits per heavy atom. The van der Waals surface area contributed by atoms with Crippen LogP contribution in [0.2, 0.25) is 0 Å². The van der Waals surface area contributed by atoms with E-state index in [1.165, 1.54) is 30.0 Å². The number of methoxy groups -OCH3 is 1. The van der Waals surface area contributed by atoms with Gasteiger partial charge in [0.2, 0.25) is 0 Å². The van der Waals surface area contributed by atoms with Gasteiger partial charge in [0.15, 0.2) is 11.5 Å². The van der Waals surface area contributed by atoms with Crippen molar-refractivity contribution in [3.05, 3.63) is 157 Å². The van der Waals surface area contributed by atoms with Crippen molar-refractivity contribution in [2.75, 3.05) is 30.0 Å². The molecule has 1 saturated heterocycles. The number of nitrogens with one attached hydrogen (secondary N) is 1. The van der Waals surface area contributed by atoms with Crippen molar-refractivity contribution >= 4 is 67.2 Å². The van der Waals surface area contributed by atoms with Crippen LogP contribution in [-0.4, -0.2) is 38.0 Å². The second-order valence-electron chi connectivity index (χ2n) is 13.4. The molecule has 5 aromatic carbocycles. The lowest BCUT2D eigenvalue weighted by atomic mass is 9.76. The maximum atomic E-state index is 14.4. The second kappa shape index (κ2) is 14.7. The van der Waals surface area contributed by atoms with Crippen molar-refractivity contribution in [1.82, 2.24) is 5.32 Å². The average Bonchev–Trinajstić information content (AvgIpc) is 3.17. The van der Waals surface area contributed by atoms with E-state index < -0.39 is 17.8 Å². The highest BCUT2D eigenvalue weighted by Crippen LogP contribution is 2.50. The third-order valence-electron chi connectivity index (χ3n) is 10.2. The number of barbiturate groups is 1. The fourth-order valence-corrected chi connectivity index (χ4v) is 8.57. The predicted octanol–water partition coefficient (Wildman–Crippen LogP) is 9.34. The Bertz CT molecular complexity index is 2190. The summed E-state index contributed by atoms with van der Waals surface area (Å²) in [7, 11) is 1.53. The molecule has 0 bridgehead atoms. The predicted molar refractivity (Wildman–Crippen MR) is 213 cm³/mol. The van der Waals surface area contributed by atoms with Crippen molar-refractivity contribution in [2.45, 2.75) is 31.3 Å². The topological polar surface area (TPSA) is 88.2 Å². The Morgan fingerprint density at radius 1 is 0.792 bits per heavy atom. The van der Waals surface area contributed by atoms with Crippen LogP contribution in [0.5, 0.6) is 11.5 Å². The number of nitrogens with zero attached hydrogens (tertiary/aromatic N) is 2. The maximum Gasteiger partial charge on any atom is 0.335 e. The van der Waals surface area contributed by atoms with Gasteiger partial charge in [-0.15, -0.1) is 0 Å². The molecule has 3 heterocycles. The van der Waals surface area contributed by atoms with E-state index in [1.807, 2.05) is 72.8 Å². The first kappa shape index (κ1) is 34.9. The van der Waals surface area contributed by atoms with Gasteiger partial charge < -0.3 is 14.4 Å². The van der Waals surface area contributed by atoms with Crippen molar-refractivity contribution in [3.8, 4) is 11.5 Å². The molecule has 0 unspecified atom stereocenters. The number of urea groups is 1. The van der Waals surface area contributed by atoms with E-state index in [1.54, 1.807) is 12.1 Å². The van der Waals surface area contributed by atoms with Gasteiger partial charge in [0, 0.05) is 35.1 Å². The summed E-state index contributed by atoms with van der Waals surface area (Å²) in [6, 6.07) is 35.2. The molecule has 10 heteroatoms. The molecule has 2 atom stereocenters. The highest BCUT2D eigenvalue weighted by molar-refractivity contribution is 9.10. The zero-order valence-corrected chi connectivity index (χ0v) is 32.0. The minimum Gasteiger partial charge on any atom is -0.493 e. The molecule has 1 fully saturated rings. The molecule has 0 radical (unpaired) electrons. The summed E-state index contributed by atoms with van der Waals surface area (Å²) in [4.78, 5) is 44.9. The van der Waals surface area contributed by atoms with E-state index in [0.29, 0.717) is 33.8 Å². The minimum absolute atomic E-state index is 0.0737. The SMILES string of the molecule is COc1cc(/C=C2\C(=O)NC(=O)N(c3cc4c5c(c3)[C@H](c3ccccc3)CCN5CC[C@H]4c3ccccc3)C2=O)cc(Br)c1OCc1ccc(Br)cc1. The van der Waals surface area contributed by atoms with Gasteiger partial charge in [0.1, 0.15) is 12.2 Å². The summed E-state index contributed by atoms with van der Waals surface area (Å²) in [5.41, 5.74) is 7.43. The lowest BCUT2D eigenvalue weighted by Crippen LogP contribution is -2.54. The lowest BCUT2D eigenvalue weighted by molar-refractivity contribution is -0.122. The van der Waals surface area contributed by atoms with Crippen molar-refractivity contribution in [3.63, 3.8) is 0 Å². The summed E-state index contributed by atoms with van der Waals surface area (Å²) in [6.07, 6.45) is 3.28. The van der Waals surface area contributed by atoms with Crippen LogP contribution in [-0.2, 0) is 16.2 Å². The number of anilines is 2. The summed E-state index contributed by atoms with van der Waals surface area (Å²) in [6.45, 7) is 2.13. The van der Waals surface area contributed by atoms with E-state index in [9.17, 15) is 14.4 Å². The molecule has 0 spiro atoms. The Labute approximate surface area is 324 Å². The molecular formula is C43H35Br2N3O5. The number of hydrogen-bond acceptors (Lipinski definition) is 6. The lowest BCUT2D eigenvalue weighted by Gasteiger charge is -2.44. The molecule has 8 rings (SSSR count). The molecule has 0 aromatic heterocycles. The number of hydrogen-bond donors (Lipinski definition) is 1. The van der Waals surface area contributed by atoms with Crippen LogP contribution < -0.4 is 24.6 Å². The van der Waals surface area contributed by atoms with Gasteiger partial charge in [-0.1, -0.05) is 88.7 Å². The molecular weight excluding hydrogens is 798 g/mol. The third kappa shape index (κ3) is 6.77. The summed E-state index contributed by atoms with van der Waals surface area (Å²) in [5.74, 6) is -0.428. The quantitative estimate of drug-likeness (QED) is 0.124. The zero-order valence-electron chi connectivity index (χ0n) is 28.9. The van der Waals surface area contributed by atoms with E-state index in [2.05, 4.69) is 66.3 Å². The smallest absolute Gasteiger partial charge is 0.335 e. The number of carbonyl (C=O) groups excluding carboxylic acids is 3. The van der Waals surface area contributed by atoms with Gasteiger partial charge >= 0.3 is 6.03 Å². The fourth-order valence-electron chi connectivity index (χ4n) is 7.73. The van der Waals surface area contributed by atoms with Crippen LogP contribution in [0.1, 0.15) is 58.1 Å². The number of benzene rings is 5. The molecule has 0 aliphatic carbocycles. The van der Waals surface area contributed by atoms with Crippen molar-refractivity contribution < 1.29 is 23.9 Å². The highest BCUT2D eigenvalue weighted by Gasteiger charge is 2.40. The first-order chi connectivity index (χ1) is 25.8. The molecule has 3 aliphatic heterocycles. The van der Waals surface area contributed by atoms with E-state index >= 15 is 0 Å². The molecule has 8 nitrogen and oxygen atoms in total. The maximum absolute atomic E-state index is 14.4. The number of halogens is 2.